The fourth-order valence-electron chi connectivity index (χ4n) is 1.52. The molecule has 0 fully saturated rings. The van der Waals surface area contributed by atoms with Gasteiger partial charge in [-0.15, -0.1) is 5.10 Å². The number of halogens is 1. The van der Waals surface area contributed by atoms with Crippen LogP contribution in [0.1, 0.15) is 17.4 Å². The zero-order valence-electron chi connectivity index (χ0n) is 8.99. The summed E-state index contributed by atoms with van der Waals surface area (Å²) in [4.78, 5) is 0. The van der Waals surface area contributed by atoms with Crippen LogP contribution < -0.4 is 0 Å². The minimum atomic E-state index is -0.753. The normalized spacial score (nSPS) is 12.6. The minimum Gasteiger partial charge on any atom is -0.390 e. The highest BCUT2D eigenvalue weighted by molar-refractivity contribution is 6.31. The van der Waals surface area contributed by atoms with E-state index in [-0.39, 0.29) is 13.2 Å². The van der Waals surface area contributed by atoms with Crippen LogP contribution in [0.3, 0.4) is 0 Å². The van der Waals surface area contributed by atoms with Gasteiger partial charge in [0, 0.05) is 10.6 Å². The first-order valence-electron chi connectivity index (χ1n) is 5.13. The van der Waals surface area contributed by atoms with Gasteiger partial charge in [-0.25, -0.2) is 4.68 Å². The fourth-order valence-corrected chi connectivity index (χ4v) is 1.78. The Morgan fingerprint density at radius 3 is 2.76 bits per heavy atom. The summed E-state index contributed by atoms with van der Waals surface area (Å²) in [5, 5.41) is 26.9. The van der Waals surface area contributed by atoms with E-state index in [9.17, 15) is 5.11 Å². The zero-order valence-corrected chi connectivity index (χ0v) is 9.75. The lowest BCUT2D eigenvalue weighted by Crippen LogP contribution is -2.09. The molecule has 1 atom stereocenters. The highest BCUT2D eigenvalue weighted by atomic mass is 35.5. The van der Waals surface area contributed by atoms with Gasteiger partial charge < -0.3 is 10.2 Å². The standard InChI is InChI=1S/C11H12ClN3O2/c12-10-4-2-1-3-9(10)11(17)6-15-5-8(7-16)13-14-15/h1-5,11,16-17H,6-7H2. The number of rotatable bonds is 4. The molecule has 0 aliphatic rings. The summed E-state index contributed by atoms with van der Waals surface area (Å²) in [6, 6.07) is 7.10. The third-order valence-corrected chi connectivity index (χ3v) is 2.72. The second-order valence-corrected chi connectivity index (χ2v) is 4.03. The molecule has 5 nitrogen and oxygen atoms in total. The summed E-state index contributed by atoms with van der Waals surface area (Å²) in [6.45, 7) is 0.0823. The van der Waals surface area contributed by atoms with Gasteiger partial charge in [-0.2, -0.15) is 0 Å². The Kier molecular flexibility index (Phi) is 3.73. The van der Waals surface area contributed by atoms with Gasteiger partial charge in [-0.1, -0.05) is 35.0 Å². The van der Waals surface area contributed by atoms with Crippen molar-refractivity contribution in [3.8, 4) is 0 Å². The average Bonchev–Trinajstić information content (AvgIpc) is 2.77. The van der Waals surface area contributed by atoms with Gasteiger partial charge >= 0.3 is 0 Å². The maximum Gasteiger partial charge on any atom is 0.108 e. The number of aliphatic hydroxyl groups excluding tert-OH is 2. The van der Waals surface area contributed by atoms with Gasteiger partial charge in [0.2, 0.25) is 0 Å². The van der Waals surface area contributed by atoms with Gasteiger partial charge in [-0.05, 0) is 6.07 Å². The summed E-state index contributed by atoms with van der Waals surface area (Å²) in [6.07, 6.45) is 0.831. The van der Waals surface area contributed by atoms with Crippen LogP contribution in [0.15, 0.2) is 30.5 Å². The van der Waals surface area contributed by atoms with Crippen molar-refractivity contribution in [1.29, 1.82) is 0 Å². The Morgan fingerprint density at radius 1 is 1.35 bits per heavy atom. The molecule has 0 amide bonds. The number of aromatic nitrogens is 3. The Labute approximate surface area is 103 Å². The van der Waals surface area contributed by atoms with Crippen molar-refractivity contribution in [2.75, 3.05) is 0 Å². The second-order valence-electron chi connectivity index (χ2n) is 3.63. The van der Waals surface area contributed by atoms with Crippen LogP contribution in [-0.4, -0.2) is 25.2 Å². The third kappa shape index (κ3) is 2.82. The Bertz CT molecular complexity index is 501. The van der Waals surface area contributed by atoms with Gasteiger partial charge in [0.25, 0.3) is 0 Å². The molecule has 6 heteroatoms. The summed E-state index contributed by atoms with van der Waals surface area (Å²) in [5.41, 5.74) is 1.12. The van der Waals surface area contributed by atoms with Crippen LogP contribution in [0.2, 0.25) is 5.02 Å². The average molecular weight is 254 g/mol. The highest BCUT2D eigenvalue weighted by Gasteiger charge is 2.12. The minimum absolute atomic E-state index is 0.164. The van der Waals surface area contributed by atoms with Crippen molar-refractivity contribution in [2.45, 2.75) is 19.3 Å². The predicted molar refractivity (Wildman–Crippen MR) is 62.4 cm³/mol. The molecule has 0 radical (unpaired) electrons. The predicted octanol–water partition coefficient (Wildman–Crippen LogP) is 1.16. The molecule has 2 rings (SSSR count). The van der Waals surface area contributed by atoms with Gasteiger partial charge in [0.1, 0.15) is 11.8 Å². The monoisotopic (exact) mass is 253 g/mol. The first kappa shape index (κ1) is 12.0. The van der Waals surface area contributed by atoms with Gasteiger partial charge in [-0.3, -0.25) is 0 Å². The lowest BCUT2D eigenvalue weighted by Gasteiger charge is -2.11. The summed E-state index contributed by atoms with van der Waals surface area (Å²) in [5.74, 6) is 0. The molecular weight excluding hydrogens is 242 g/mol. The lowest BCUT2D eigenvalue weighted by molar-refractivity contribution is 0.150. The van der Waals surface area contributed by atoms with Crippen molar-refractivity contribution in [1.82, 2.24) is 15.0 Å². The van der Waals surface area contributed by atoms with Crippen molar-refractivity contribution < 1.29 is 10.2 Å². The Balaban J connectivity index is 2.11. The number of benzene rings is 1. The summed E-state index contributed by atoms with van der Waals surface area (Å²) in [7, 11) is 0. The number of aliphatic hydroxyl groups is 2. The van der Waals surface area contributed by atoms with Crippen molar-refractivity contribution in [3.63, 3.8) is 0 Å². The molecule has 1 heterocycles. The molecule has 17 heavy (non-hydrogen) atoms. The number of nitrogens with zero attached hydrogens (tertiary/aromatic N) is 3. The van der Waals surface area contributed by atoms with Gasteiger partial charge in [0.15, 0.2) is 0 Å². The quantitative estimate of drug-likeness (QED) is 0.858. The topological polar surface area (TPSA) is 71.2 Å². The summed E-state index contributed by atoms with van der Waals surface area (Å²) < 4.78 is 1.47. The number of hydrogen-bond donors (Lipinski definition) is 2. The Morgan fingerprint density at radius 2 is 2.12 bits per heavy atom. The lowest BCUT2D eigenvalue weighted by atomic mass is 10.1. The maximum absolute atomic E-state index is 10.0. The third-order valence-electron chi connectivity index (χ3n) is 2.37. The molecule has 1 aromatic heterocycles. The van der Waals surface area contributed by atoms with E-state index in [0.717, 1.165) is 0 Å². The van der Waals surface area contributed by atoms with E-state index in [1.807, 2.05) is 6.07 Å². The second kappa shape index (κ2) is 5.27. The van der Waals surface area contributed by atoms with E-state index in [4.69, 9.17) is 16.7 Å². The van der Waals surface area contributed by atoms with E-state index >= 15 is 0 Å². The van der Waals surface area contributed by atoms with Crippen LogP contribution in [-0.2, 0) is 13.2 Å². The largest absolute Gasteiger partial charge is 0.390 e. The van der Waals surface area contributed by atoms with E-state index in [2.05, 4.69) is 10.3 Å². The van der Waals surface area contributed by atoms with Crippen LogP contribution in [0.4, 0.5) is 0 Å². The molecule has 0 spiro atoms. The van der Waals surface area contributed by atoms with Gasteiger partial charge in [0.05, 0.1) is 19.3 Å². The van der Waals surface area contributed by atoms with E-state index in [0.29, 0.717) is 16.3 Å². The molecule has 0 saturated heterocycles. The van der Waals surface area contributed by atoms with Crippen molar-refractivity contribution in [3.05, 3.63) is 46.7 Å². The first-order chi connectivity index (χ1) is 8.20. The summed E-state index contributed by atoms with van der Waals surface area (Å²) >= 11 is 5.97. The molecule has 2 aromatic rings. The number of hydrogen-bond acceptors (Lipinski definition) is 4. The maximum atomic E-state index is 10.0. The molecule has 0 aliphatic heterocycles. The SMILES string of the molecule is OCc1cn(CC(O)c2ccccc2Cl)nn1. The smallest absolute Gasteiger partial charge is 0.108 e. The molecule has 0 bridgehead atoms. The first-order valence-corrected chi connectivity index (χ1v) is 5.51. The Hall–Kier alpha value is -1.43. The van der Waals surface area contributed by atoms with Crippen LogP contribution in [0, 0.1) is 0 Å². The fraction of sp³-hybridized carbons (Fsp3) is 0.273. The zero-order chi connectivity index (χ0) is 12.3. The van der Waals surface area contributed by atoms with E-state index < -0.39 is 6.10 Å². The molecule has 2 N–H and O–H groups in total. The molecule has 1 aromatic carbocycles. The molecular formula is C11H12ClN3O2. The molecule has 90 valence electrons. The molecule has 0 aliphatic carbocycles. The van der Waals surface area contributed by atoms with Crippen LogP contribution in [0.5, 0.6) is 0 Å². The molecule has 0 saturated carbocycles. The van der Waals surface area contributed by atoms with E-state index in [1.54, 1.807) is 24.4 Å². The van der Waals surface area contributed by atoms with Crippen LogP contribution in [0.25, 0.3) is 0 Å². The highest BCUT2D eigenvalue weighted by Crippen LogP contribution is 2.23. The van der Waals surface area contributed by atoms with Crippen molar-refractivity contribution >= 4 is 11.6 Å². The van der Waals surface area contributed by atoms with Crippen molar-refractivity contribution in [2.24, 2.45) is 0 Å². The molecule has 1 unspecified atom stereocenters. The van der Waals surface area contributed by atoms with E-state index in [1.165, 1.54) is 4.68 Å². The van der Waals surface area contributed by atoms with Crippen LogP contribution >= 0.6 is 11.6 Å².